The number of amides is 2. The Morgan fingerprint density at radius 1 is 1.00 bits per heavy atom. The molecule has 2 aromatic heterocycles. The Balaban J connectivity index is 1.31. The highest BCUT2D eigenvalue weighted by molar-refractivity contribution is 5.74. The van der Waals surface area contributed by atoms with E-state index in [9.17, 15) is 4.79 Å². The van der Waals surface area contributed by atoms with E-state index in [1.165, 1.54) is 0 Å². The average molecular weight is 375 g/mol. The minimum Gasteiger partial charge on any atom is -0.334 e. The van der Waals surface area contributed by atoms with Crippen LogP contribution in [0.15, 0.2) is 67.1 Å². The van der Waals surface area contributed by atoms with Crippen LogP contribution in [0.4, 0.5) is 4.79 Å². The molecule has 0 saturated carbocycles. The fourth-order valence-corrected chi connectivity index (χ4v) is 3.71. The number of aromatic nitrogens is 3. The van der Waals surface area contributed by atoms with Gasteiger partial charge in [-0.25, -0.2) is 9.78 Å². The molecule has 0 atom stereocenters. The minimum absolute atomic E-state index is 0.0131. The van der Waals surface area contributed by atoms with Crippen molar-refractivity contribution in [3.05, 3.63) is 84.2 Å². The van der Waals surface area contributed by atoms with E-state index in [1.807, 2.05) is 72.0 Å². The summed E-state index contributed by atoms with van der Waals surface area (Å²) >= 11 is 0. The van der Waals surface area contributed by atoms with Crippen molar-refractivity contribution >= 4 is 6.03 Å². The maximum absolute atomic E-state index is 12.5. The molecule has 144 valence electrons. The zero-order valence-corrected chi connectivity index (χ0v) is 15.9. The first-order valence-electron chi connectivity index (χ1n) is 9.77. The molecule has 6 heteroatoms. The maximum atomic E-state index is 12.5. The van der Waals surface area contributed by atoms with E-state index in [0.717, 1.165) is 49.6 Å². The number of benzene rings is 1. The van der Waals surface area contributed by atoms with Gasteiger partial charge in [-0.2, -0.15) is 0 Å². The van der Waals surface area contributed by atoms with E-state index in [1.54, 1.807) is 0 Å². The number of likely N-dealkylation sites (tertiary alicyclic amines) is 1. The number of pyridine rings is 1. The zero-order valence-electron chi connectivity index (χ0n) is 15.9. The van der Waals surface area contributed by atoms with Gasteiger partial charge >= 0.3 is 6.03 Å². The second kappa shape index (κ2) is 8.69. The van der Waals surface area contributed by atoms with Gasteiger partial charge in [0.25, 0.3) is 0 Å². The Labute approximate surface area is 165 Å². The molecule has 0 unspecified atom stereocenters. The van der Waals surface area contributed by atoms with Crippen LogP contribution in [-0.2, 0) is 13.1 Å². The van der Waals surface area contributed by atoms with E-state index in [4.69, 9.17) is 0 Å². The van der Waals surface area contributed by atoms with E-state index in [0.29, 0.717) is 12.5 Å². The van der Waals surface area contributed by atoms with Crippen molar-refractivity contribution in [3.8, 4) is 0 Å². The number of imidazole rings is 1. The molecule has 1 aliphatic heterocycles. The lowest BCUT2D eigenvalue weighted by Crippen LogP contribution is -2.44. The van der Waals surface area contributed by atoms with Gasteiger partial charge in [-0.05, 0) is 30.5 Å². The summed E-state index contributed by atoms with van der Waals surface area (Å²) in [5, 5.41) is 3.02. The van der Waals surface area contributed by atoms with Gasteiger partial charge < -0.3 is 14.8 Å². The number of carbonyl (C=O) groups is 1. The predicted molar refractivity (Wildman–Crippen MR) is 108 cm³/mol. The molecule has 0 spiro atoms. The standard InChI is InChI=1S/C22H25N5O/c28-22(25-16-18-6-2-1-3-7-18)26-13-9-19(10-14-26)21-24-12-15-27(21)17-20-8-4-5-11-23-20/h1-8,11-12,15,19H,9-10,13-14,16-17H2,(H,25,28). The van der Waals surface area contributed by atoms with Crippen LogP contribution in [-0.4, -0.2) is 38.6 Å². The number of carbonyl (C=O) groups excluding carboxylic acids is 1. The van der Waals surface area contributed by atoms with Crippen LogP contribution in [0.2, 0.25) is 0 Å². The van der Waals surface area contributed by atoms with E-state index >= 15 is 0 Å². The quantitative estimate of drug-likeness (QED) is 0.743. The van der Waals surface area contributed by atoms with Gasteiger partial charge in [0.1, 0.15) is 5.82 Å². The Bertz CT molecular complexity index is 886. The number of rotatable bonds is 5. The average Bonchev–Trinajstić information content (AvgIpc) is 3.21. The van der Waals surface area contributed by atoms with Crippen molar-refractivity contribution in [2.45, 2.75) is 31.8 Å². The van der Waals surface area contributed by atoms with Gasteiger partial charge in [-0.1, -0.05) is 36.4 Å². The van der Waals surface area contributed by atoms with Gasteiger partial charge in [-0.3, -0.25) is 4.98 Å². The topological polar surface area (TPSA) is 63.1 Å². The molecular formula is C22H25N5O. The number of nitrogens with zero attached hydrogens (tertiary/aromatic N) is 4. The van der Waals surface area contributed by atoms with Crippen molar-refractivity contribution in [2.75, 3.05) is 13.1 Å². The number of urea groups is 1. The van der Waals surface area contributed by atoms with Crippen LogP contribution in [0.1, 0.15) is 35.8 Å². The molecule has 1 aliphatic rings. The molecule has 2 amide bonds. The van der Waals surface area contributed by atoms with Crippen molar-refractivity contribution in [2.24, 2.45) is 0 Å². The molecule has 1 fully saturated rings. The summed E-state index contributed by atoms with van der Waals surface area (Å²) in [7, 11) is 0. The van der Waals surface area contributed by atoms with Crippen molar-refractivity contribution in [1.82, 2.24) is 24.8 Å². The second-order valence-electron chi connectivity index (χ2n) is 7.14. The van der Waals surface area contributed by atoms with Crippen molar-refractivity contribution in [1.29, 1.82) is 0 Å². The first-order valence-corrected chi connectivity index (χ1v) is 9.77. The van der Waals surface area contributed by atoms with E-state index in [-0.39, 0.29) is 6.03 Å². The lowest BCUT2D eigenvalue weighted by Gasteiger charge is -2.32. The van der Waals surface area contributed by atoms with Crippen LogP contribution in [0.25, 0.3) is 0 Å². The summed E-state index contributed by atoms with van der Waals surface area (Å²) in [5.41, 5.74) is 2.14. The molecule has 4 rings (SSSR count). The molecule has 0 aliphatic carbocycles. The molecular weight excluding hydrogens is 350 g/mol. The monoisotopic (exact) mass is 375 g/mol. The van der Waals surface area contributed by atoms with Crippen molar-refractivity contribution in [3.63, 3.8) is 0 Å². The van der Waals surface area contributed by atoms with Gasteiger partial charge in [0.05, 0.1) is 12.2 Å². The van der Waals surface area contributed by atoms with E-state index in [2.05, 4.69) is 19.9 Å². The molecule has 1 aromatic carbocycles. The SMILES string of the molecule is O=C(NCc1ccccc1)N1CCC(c2nccn2Cc2ccccn2)CC1. The number of hydrogen-bond acceptors (Lipinski definition) is 3. The number of piperidine rings is 1. The molecule has 1 N–H and O–H groups in total. The molecule has 6 nitrogen and oxygen atoms in total. The highest BCUT2D eigenvalue weighted by Gasteiger charge is 2.26. The fraction of sp³-hybridized carbons (Fsp3) is 0.318. The maximum Gasteiger partial charge on any atom is 0.317 e. The van der Waals surface area contributed by atoms with E-state index < -0.39 is 0 Å². The largest absolute Gasteiger partial charge is 0.334 e. The molecule has 28 heavy (non-hydrogen) atoms. The zero-order chi connectivity index (χ0) is 19.2. The van der Waals surface area contributed by atoms with Crippen LogP contribution in [0.3, 0.4) is 0 Å². The molecule has 0 radical (unpaired) electrons. The van der Waals surface area contributed by atoms with Crippen LogP contribution in [0.5, 0.6) is 0 Å². The van der Waals surface area contributed by atoms with Crippen LogP contribution in [0, 0.1) is 0 Å². The fourth-order valence-electron chi connectivity index (χ4n) is 3.71. The normalized spacial score (nSPS) is 14.8. The van der Waals surface area contributed by atoms with Gasteiger partial charge in [0, 0.05) is 44.1 Å². The highest BCUT2D eigenvalue weighted by atomic mass is 16.2. The molecule has 0 bridgehead atoms. The Morgan fingerprint density at radius 3 is 2.54 bits per heavy atom. The number of hydrogen-bond donors (Lipinski definition) is 1. The third-order valence-electron chi connectivity index (χ3n) is 5.24. The van der Waals surface area contributed by atoms with Crippen LogP contribution < -0.4 is 5.32 Å². The third kappa shape index (κ3) is 4.39. The first kappa shape index (κ1) is 18.2. The second-order valence-corrected chi connectivity index (χ2v) is 7.14. The minimum atomic E-state index is 0.0131. The van der Waals surface area contributed by atoms with Crippen LogP contribution >= 0.6 is 0 Å². The van der Waals surface area contributed by atoms with Gasteiger partial charge in [0.2, 0.25) is 0 Å². The third-order valence-corrected chi connectivity index (χ3v) is 5.24. The summed E-state index contributed by atoms with van der Waals surface area (Å²) in [6.07, 6.45) is 7.55. The highest BCUT2D eigenvalue weighted by Crippen LogP contribution is 2.27. The smallest absolute Gasteiger partial charge is 0.317 e. The lowest BCUT2D eigenvalue weighted by atomic mass is 9.96. The number of nitrogens with one attached hydrogen (secondary N) is 1. The summed E-state index contributed by atoms with van der Waals surface area (Å²) in [6.45, 7) is 2.80. The molecule has 3 heterocycles. The predicted octanol–water partition coefficient (Wildman–Crippen LogP) is 3.42. The Kier molecular flexibility index (Phi) is 5.66. The lowest BCUT2D eigenvalue weighted by molar-refractivity contribution is 0.179. The summed E-state index contributed by atoms with van der Waals surface area (Å²) in [4.78, 5) is 23.4. The Hall–Kier alpha value is -3.15. The summed E-state index contributed by atoms with van der Waals surface area (Å²) in [5.74, 6) is 1.46. The molecule has 3 aromatic rings. The van der Waals surface area contributed by atoms with Crippen molar-refractivity contribution < 1.29 is 4.79 Å². The Morgan fingerprint density at radius 2 is 1.79 bits per heavy atom. The van der Waals surface area contributed by atoms with Gasteiger partial charge in [-0.15, -0.1) is 0 Å². The molecule has 1 saturated heterocycles. The van der Waals surface area contributed by atoms with Gasteiger partial charge in [0.15, 0.2) is 0 Å². The summed E-state index contributed by atoms with van der Waals surface area (Å²) < 4.78 is 2.18. The first-order chi connectivity index (χ1) is 13.8. The summed E-state index contributed by atoms with van der Waals surface area (Å²) in [6, 6.07) is 16.0.